The first-order valence-electron chi connectivity index (χ1n) is 6.63. The summed E-state index contributed by atoms with van der Waals surface area (Å²) in [5.41, 5.74) is 3.91. The molecule has 1 fully saturated rings. The summed E-state index contributed by atoms with van der Waals surface area (Å²) in [6, 6.07) is 10.1. The van der Waals surface area contributed by atoms with Crippen molar-refractivity contribution < 1.29 is 9.90 Å². The van der Waals surface area contributed by atoms with Crippen LogP contribution in [0.2, 0.25) is 0 Å². The number of aromatic nitrogens is 1. The van der Waals surface area contributed by atoms with Gasteiger partial charge in [-0.25, -0.2) is 4.79 Å². The minimum absolute atomic E-state index is 0.437. The minimum Gasteiger partial charge on any atom is -0.478 e. The predicted molar refractivity (Wildman–Crippen MR) is 73.6 cm³/mol. The Bertz CT molecular complexity index is 606. The Hall–Kier alpha value is -2.03. The van der Waals surface area contributed by atoms with Crippen molar-refractivity contribution >= 4 is 5.97 Å². The summed E-state index contributed by atoms with van der Waals surface area (Å²) in [7, 11) is 0. The molecular formula is C16H17NO2. The third kappa shape index (κ3) is 2.41. The highest BCUT2D eigenvalue weighted by Gasteiger charge is 2.31. The van der Waals surface area contributed by atoms with E-state index in [1.807, 2.05) is 6.20 Å². The molecule has 0 radical (unpaired) electrons. The standard InChI is InChI=1S/C16H17NO2/c1-11-2-4-12(5-3-11)10-17-9-8-14(16(18)19)15(17)13-6-7-13/h2-5,8-9,13H,6-7,10H2,1H3,(H,18,19). The monoisotopic (exact) mass is 255 g/mol. The number of nitrogens with zero attached hydrogens (tertiary/aromatic N) is 1. The lowest BCUT2D eigenvalue weighted by Gasteiger charge is -2.10. The highest BCUT2D eigenvalue weighted by molar-refractivity contribution is 5.89. The number of hydrogen-bond acceptors (Lipinski definition) is 1. The van der Waals surface area contributed by atoms with E-state index >= 15 is 0 Å². The van der Waals surface area contributed by atoms with E-state index in [1.54, 1.807) is 6.07 Å². The minimum atomic E-state index is -0.815. The van der Waals surface area contributed by atoms with Crippen molar-refractivity contribution in [2.45, 2.75) is 32.2 Å². The molecule has 19 heavy (non-hydrogen) atoms. The molecule has 1 aliphatic rings. The molecule has 0 spiro atoms. The molecule has 3 rings (SSSR count). The van der Waals surface area contributed by atoms with Crippen molar-refractivity contribution in [2.24, 2.45) is 0 Å². The lowest BCUT2D eigenvalue weighted by Crippen LogP contribution is -2.06. The van der Waals surface area contributed by atoms with E-state index in [1.165, 1.54) is 11.1 Å². The normalized spacial score (nSPS) is 14.6. The predicted octanol–water partition coefficient (Wildman–Crippen LogP) is 3.42. The third-order valence-electron chi connectivity index (χ3n) is 3.67. The second-order valence-electron chi connectivity index (χ2n) is 5.31. The molecular weight excluding hydrogens is 238 g/mol. The summed E-state index contributed by atoms with van der Waals surface area (Å²) in [6.45, 7) is 2.82. The fourth-order valence-corrected chi connectivity index (χ4v) is 2.51. The second-order valence-corrected chi connectivity index (χ2v) is 5.31. The second kappa shape index (κ2) is 4.57. The zero-order valence-corrected chi connectivity index (χ0v) is 11.0. The van der Waals surface area contributed by atoms with Gasteiger partial charge in [-0.2, -0.15) is 0 Å². The molecule has 98 valence electrons. The number of carboxylic acid groups (broad SMARTS) is 1. The highest BCUT2D eigenvalue weighted by Crippen LogP contribution is 2.42. The quantitative estimate of drug-likeness (QED) is 0.909. The molecule has 0 saturated heterocycles. The summed E-state index contributed by atoms with van der Waals surface area (Å²) >= 11 is 0. The largest absolute Gasteiger partial charge is 0.478 e. The van der Waals surface area contributed by atoms with Gasteiger partial charge in [-0.3, -0.25) is 0 Å². The number of hydrogen-bond donors (Lipinski definition) is 1. The molecule has 0 amide bonds. The smallest absolute Gasteiger partial charge is 0.337 e. The molecule has 1 aromatic carbocycles. The molecule has 3 heteroatoms. The molecule has 1 N–H and O–H groups in total. The van der Waals surface area contributed by atoms with Crippen LogP contribution in [0.4, 0.5) is 0 Å². The molecule has 0 unspecified atom stereocenters. The van der Waals surface area contributed by atoms with Crippen LogP contribution in [0, 0.1) is 6.92 Å². The van der Waals surface area contributed by atoms with Gasteiger partial charge in [0.2, 0.25) is 0 Å². The van der Waals surface area contributed by atoms with E-state index in [0.717, 1.165) is 25.1 Å². The third-order valence-corrected chi connectivity index (χ3v) is 3.67. The van der Waals surface area contributed by atoms with E-state index in [-0.39, 0.29) is 0 Å². The van der Waals surface area contributed by atoms with E-state index in [9.17, 15) is 9.90 Å². The Morgan fingerprint density at radius 2 is 1.95 bits per heavy atom. The molecule has 0 bridgehead atoms. The van der Waals surface area contributed by atoms with Gasteiger partial charge in [-0.15, -0.1) is 0 Å². The fraction of sp³-hybridized carbons (Fsp3) is 0.312. The van der Waals surface area contributed by atoms with Gasteiger partial charge in [0.05, 0.1) is 5.56 Å². The van der Waals surface area contributed by atoms with Gasteiger partial charge < -0.3 is 9.67 Å². The van der Waals surface area contributed by atoms with Crippen molar-refractivity contribution in [1.82, 2.24) is 4.57 Å². The van der Waals surface area contributed by atoms with Crippen LogP contribution in [0.15, 0.2) is 36.5 Å². The van der Waals surface area contributed by atoms with Gasteiger partial charge in [-0.05, 0) is 31.4 Å². The van der Waals surface area contributed by atoms with Crippen molar-refractivity contribution in [3.05, 3.63) is 58.9 Å². The molecule has 3 nitrogen and oxygen atoms in total. The number of carbonyl (C=O) groups is 1. The van der Waals surface area contributed by atoms with Crippen molar-refractivity contribution in [3.63, 3.8) is 0 Å². The van der Waals surface area contributed by atoms with Crippen LogP contribution in [0.3, 0.4) is 0 Å². The summed E-state index contributed by atoms with van der Waals surface area (Å²) in [5, 5.41) is 9.24. The van der Waals surface area contributed by atoms with Crippen LogP contribution < -0.4 is 0 Å². The lowest BCUT2D eigenvalue weighted by atomic mass is 10.1. The van der Waals surface area contributed by atoms with Crippen molar-refractivity contribution in [1.29, 1.82) is 0 Å². The topological polar surface area (TPSA) is 42.2 Å². The van der Waals surface area contributed by atoms with Gasteiger partial charge in [0, 0.05) is 24.4 Å². The summed E-state index contributed by atoms with van der Waals surface area (Å²) in [6.07, 6.45) is 4.12. The van der Waals surface area contributed by atoms with Crippen molar-refractivity contribution in [2.75, 3.05) is 0 Å². The Balaban J connectivity index is 1.92. The number of rotatable bonds is 4. The SMILES string of the molecule is Cc1ccc(Cn2ccc(C(=O)O)c2C2CC2)cc1. The molecule has 1 saturated carbocycles. The van der Waals surface area contributed by atoms with Gasteiger partial charge >= 0.3 is 5.97 Å². The fourth-order valence-electron chi connectivity index (χ4n) is 2.51. The summed E-state index contributed by atoms with van der Waals surface area (Å²) < 4.78 is 2.09. The average Bonchev–Trinajstić information content (AvgIpc) is 3.13. The maximum Gasteiger partial charge on any atom is 0.337 e. The molecule has 1 aromatic heterocycles. The summed E-state index contributed by atoms with van der Waals surface area (Å²) in [4.78, 5) is 11.3. The lowest BCUT2D eigenvalue weighted by molar-refractivity contribution is 0.0695. The van der Waals surface area contributed by atoms with Crippen LogP contribution in [-0.4, -0.2) is 15.6 Å². The first-order valence-corrected chi connectivity index (χ1v) is 6.63. The number of benzene rings is 1. The van der Waals surface area contributed by atoms with Gasteiger partial charge in [0.25, 0.3) is 0 Å². The molecule has 1 aliphatic carbocycles. The first-order chi connectivity index (χ1) is 9.15. The Morgan fingerprint density at radius 3 is 2.53 bits per heavy atom. The zero-order chi connectivity index (χ0) is 13.4. The Labute approximate surface area is 112 Å². The maximum absolute atomic E-state index is 11.3. The maximum atomic E-state index is 11.3. The number of aromatic carboxylic acids is 1. The van der Waals surface area contributed by atoms with Gasteiger partial charge in [0.15, 0.2) is 0 Å². The average molecular weight is 255 g/mol. The highest BCUT2D eigenvalue weighted by atomic mass is 16.4. The van der Waals surface area contributed by atoms with E-state index in [4.69, 9.17) is 0 Å². The van der Waals surface area contributed by atoms with E-state index in [0.29, 0.717) is 11.5 Å². The Kier molecular flexibility index (Phi) is 2.90. The molecule has 0 atom stereocenters. The van der Waals surface area contributed by atoms with Crippen LogP contribution in [0.5, 0.6) is 0 Å². The first kappa shape index (κ1) is 12.0. The van der Waals surface area contributed by atoms with Gasteiger partial charge in [0.1, 0.15) is 0 Å². The number of carboxylic acids is 1. The van der Waals surface area contributed by atoms with Crippen molar-refractivity contribution in [3.8, 4) is 0 Å². The zero-order valence-electron chi connectivity index (χ0n) is 11.0. The van der Waals surface area contributed by atoms with Crippen LogP contribution in [0.1, 0.15) is 45.9 Å². The molecule has 1 heterocycles. The van der Waals surface area contributed by atoms with Crippen LogP contribution in [-0.2, 0) is 6.54 Å². The van der Waals surface area contributed by atoms with Crippen LogP contribution >= 0.6 is 0 Å². The Morgan fingerprint density at radius 1 is 1.26 bits per heavy atom. The van der Waals surface area contributed by atoms with E-state index < -0.39 is 5.97 Å². The van der Waals surface area contributed by atoms with Gasteiger partial charge in [-0.1, -0.05) is 29.8 Å². The number of aryl methyl sites for hydroxylation is 1. The van der Waals surface area contributed by atoms with E-state index in [2.05, 4.69) is 35.8 Å². The van der Waals surface area contributed by atoms with Crippen LogP contribution in [0.25, 0.3) is 0 Å². The summed E-state index contributed by atoms with van der Waals surface area (Å²) in [5.74, 6) is -0.379. The molecule has 0 aliphatic heterocycles. The molecule has 2 aromatic rings.